The number of fused-ring (bicyclic) bond motifs is 2. The minimum absolute atomic E-state index is 0.0606. The molecule has 0 aromatic heterocycles. The van der Waals surface area contributed by atoms with Crippen molar-refractivity contribution in [3.05, 3.63) is 42.0 Å². The first-order valence-corrected chi connectivity index (χ1v) is 12.9. The average molecular weight is 519 g/mol. The third-order valence-electron chi connectivity index (χ3n) is 7.17. The molecule has 1 saturated carbocycles. The van der Waals surface area contributed by atoms with Crippen LogP contribution in [0.2, 0.25) is 0 Å². The maximum Gasteiger partial charge on any atom is 0.327 e. The van der Waals surface area contributed by atoms with Gasteiger partial charge in [0.15, 0.2) is 6.29 Å². The Bertz CT molecular complexity index is 1000. The molecule has 0 spiro atoms. The van der Waals surface area contributed by atoms with E-state index in [4.69, 9.17) is 33.2 Å². The molecule has 1 N–H and O–H groups in total. The third kappa shape index (κ3) is 6.15. The van der Waals surface area contributed by atoms with Gasteiger partial charge in [-0.15, -0.1) is 0 Å². The van der Waals surface area contributed by atoms with Gasteiger partial charge >= 0.3 is 17.9 Å². The number of aliphatic hydroxyl groups is 1. The number of rotatable bonds is 7. The Morgan fingerprint density at radius 1 is 1.16 bits per heavy atom. The van der Waals surface area contributed by atoms with Gasteiger partial charge in [0.25, 0.3) is 0 Å². The molecule has 10 heteroatoms. The van der Waals surface area contributed by atoms with Crippen molar-refractivity contribution < 1.29 is 47.9 Å². The summed E-state index contributed by atoms with van der Waals surface area (Å²) < 4.78 is 40.6. The quantitative estimate of drug-likeness (QED) is 0.328. The van der Waals surface area contributed by atoms with E-state index in [9.17, 15) is 14.7 Å². The SMILES string of the molecule is CC(=O)O[C@@H]1C[C@@H]2OC(O)(OC(C)=O)C[C@@H]2[C@H]1C=C[C@@H](OC1CCCCO1)C1OCc2ccccc2O1. The fourth-order valence-corrected chi connectivity index (χ4v) is 5.63. The summed E-state index contributed by atoms with van der Waals surface area (Å²) in [4.78, 5) is 23.3. The van der Waals surface area contributed by atoms with Gasteiger partial charge in [-0.05, 0) is 25.3 Å². The van der Waals surface area contributed by atoms with Crippen molar-refractivity contribution >= 4 is 11.9 Å². The normalized spacial score (nSPS) is 35.9. The second kappa shape index (κ2) is 11.1. The number of hydrogen-bond donors (Lipinski definition) is 1. The summed E-state index contributed by atoms with van der Waals surface area (Å²) in [6, 6.07) is 7.69. The van der Waals surface area contributed by atoms with E-state index in [1.807, 2.05) is 36.4 Å². The van der Waals surface area contributed by atoms with E-state index in [-0.39, 0.29) is 18.3 Å². The van der Waals surface area contributed by atoms with Crippen LogP contribution in [-0.4, -0.2) is 60.5 Å². The van der Waals surface area contributed by atoms with Crippen LogP contribution in [0.4, 0.5) is 0 Å². The van der Waals surface area contributed by atoms with Crippen LogP contribution in [0.1, 0.15) is 51.5 Å². The molecule has 37 heavy (non-hydrogen) atoms. The molecular weight excluding hydrogens is 484 g/mol. The number of benzene rings is 1. The summed E-state index contributed by atoms with van der Waals surface area (Å²) in [5.41, 5.74) is 0.955. The number of carbonyl (C=O) groups excluding carboxylic acids is 2. The molecule has 1 aromatic carbocycles. The lowest BCUT2D eigenvalue weighted by molar-refractivity contribution is -0.331. The summed E-state index contributed by atoms with van der Waals surface area (Å²) in [5.74, 6) is -2.87. The maximum atomic E-state index is 11.8. The summed E-state index contributed by atoms with van der Waals surface area (Å²) >= 11 is 0. The first-order chi connectivity index (χ1) is 17.8. The Morgan fingerprint density at radius 2 is 2.00 bits per heavy atom. The molecule has 8 atom stereocenters. The fraction of sp³-hybridized carbons (Fsp3) is 0.630. The Labute approximate surface area is 215 Å². The lowest BCUT2D eigenvalue weighted by Gasteiger charge is -2.34. The van der Waals surface area contributed by atoms with E-state index in [0.717, 1.165) is 30.6 Å². The molecule has 3 aliphatic heterocycles. The van der Waals surface area contributed by atoms with E-state index in [1.54, 1.807) is 0 Å². The van der Waals surface area contributed by atoms with Crippen molar-refractivity contribution in [3.63, 3.8) is 0 Å². The van der Waals surface area contributed by atoms with Gasteiger partial charge in [0.2, 0.25) is 6.29 Å². The largest absolute Gasteiger partial charge is 0.462 e. The topological polar surface area (TPSA) is 119 Å². The van der Waals surface area contributed by atoms with Crippen molar-refractivity contribution in [1.29, 1.82) is 0 Å². The minimum atomic E-state index is -2.00. The summed E-state index contributed by atoms with van der Waals surface area (Å²) in [6.45, 7) is 3.58. The molecular formula is C27H34O10. The molecule has 0 amide bonds. The molecule has 2 saturated heterocycles. The van der Waals surface area contributed by atoms with E-state index in [1.165, 1.54) is 13.8 Å². The third-order valence-corrected chi connectivity index (χ3v) is 7.17. The van der Waals surface area contributed by atoms with Gasteiger partial charge in [0, 0.05) is 50.7 Å². The van der Waals surface area contributed by atoms with Crippen LogP contribution in [0.3, 0.4) is 0 Å². The highest BCUT2D eigenvalue weighted by Crippen LogP contribution is 2.49. The van der Waals surface area contributed by atoms with Crippen LogP contribution in [0.25, 0.3) is 0 Å². The Hall–Kier alpha value is -2.50. The first-order valence-electron chi connectivity index (χ1n) is 12.9. The molecule has 10 nitrogen and oxygen atoms in total. The zero-order valence-electron chi connectivity index (χ0n) is 21.1. The summed E-state index contributed by atoms with van der Waals surface area (Å²) in [6.07, 6.45) is 4.32. The highest BCUT2D eigenvalue weighted by molar-refractivity contribution is 5.66. The van der Waals surface area contributed by atoms with Crippen LogP contribution in [0, 0.1) is 11.8 Å². The smallest absolute Gasteiger partial charge is 0.327 e. The number of para-hydroxylation sites is 1. The lowest BCUT2D eigenvalue weighted by Crippen LogP contribution is -2.41. The number of ether oxygens (including phenoxy) is 7. The van der Waals surface area contributed by atoms with Crippen molar-refractivity contribution in [2.45, 2.75) is 89.4 Å². The van der Waals surface area contributed by atoms with E-state index in [0.29, 0.717) is 19.6 Å². The highest BCUT2D eigenvalue weighted by atomic mass is 16.8. The van der Waals surface area contributed by atoms with Gasteiger partial charge in [-0.25, -0.2) is 0 Å². The second-order valence-corrected chi connectivity index (χ2v) is 9.98. The maximum absolute atomic E-state index is 11.8. The van der Waals surface area contributed by atoms with Crippen molar-refractivity contribution in [1.82, 2.24) is 0 Å². The second-order valence-electron chi connectivity index (χ2n) is 9.98. The average Bonchev–Trinajstić information content (AvgIpc) is 3.33. The van der Waals surface area contributed by atoms with Crippen molar-refractivity contribution in [2.24, 2.45) is 11.8 Å². The zero-order chi connectivity index (χ0) is 26.0. The molecule has 1 aromatic rings. The molecule has 202 valence electrons. The monoisotopic (exact) mass is 518 g/mol. The van der Waals surface area contributed by atoms with Crippen LogP contribution in [0.15, 0.2) is 36.4 Å². The van der Waals surface area contributed by atoms with Gasteiger partial charge in [-0.2, -0.15) is 0 Å². The Balaban J connectivity index is 1.37. The predicted octanol–water partition coefficient (Wildman–Crippen LogP) is 2.96. The van der Waals surface area contributed by atoms with Crippen LogP contribution in [-0.2, 0) is 44.6 Å². The fourth-order valence-electron chi connectivity index (χ4n) is 5.63. The van der Waals surface area contributed by atoms with E-state index < -0.39 is 48.8 Å². The molecule has 0 bridgehead atoms. The molecule has 4 aliphatic rings. The van der Waals surface area contributed by atoms with Gasteiger partial charge in [-0.1, -0.05) is 30.4 Å². The van der Waals surface area contributed by atoms with Crippen molar-refractivity contribution in [2.75, 3.05) is 6.61 Å². The molecule has 5 rings (SSSR count). The lowest BCUT2D eigenvalue weighted by atomic mass is 9.90. The first kappa shape index (κ1) is 26.1. The molecule has 3 fully saturated rings. The highest BCUT2D eigenvalue weighted by Gasteiger charge is 2.57. The summed E-state index contributed by atoms with van der Waals surface area (Å²) in [5, 5.41) is 10.7. The van der Waals surface area contributed by atoms with E-state index >= 15 is 0 Å². The minimum Gasteiger partial charge on any atom is -0.462 e. The Kier molecular flexibility index (Phi) is 7.83. The number of carbonyl (C=O) groups is 2. The van der Waals surface area contributed by atoms with E-state index in [2.05, 4.69) is 0 Å². The number of hydrogen-bond acceptors (Lipinski definition) is 10. The summed E-state index contributed by atoms with van der Waals surface area (Å²) in [7, 11) is 0. The molecule has 0 radical (unpaired) electrons. The van der Waals surface area contributed by atoms with Crippen LogP contribution >= 0.6 is 0 Å². The van der Waals surface area contributed by atoms with Gasteiger partial charge in [0.1, 0.15) is 18.0 Å². The van der Waals surface area contributed by atoms with Crippen LogP contribution < -0.4 is 4.74 Å². The molecule has 3 heterocycles. The predicted molar refractivity (Wildman–Crippen MR) is 127 cm³/mol. The van der Waals surface area contributed by atoms with Gasteiger partial charge in [-0.3, -0.25) is 9.59 Å². The van der Waals surface area contributed by atoms with Gasteiger partial charge < -0.3 is 38.3 Å². The molecule has 1 aliphatic carbocycles. The molecule has 3 unspecified atom stereocenters. The zero-order valence-corrected chi connectivity index (χ0v) is 21.1. The van der Waals surface area contributed by atoms with Crippen molar-refractivity contribution in [3.8, 4) is 5.75 Å². The standard InChI is InChI=1S/C27H34O10/c1-16(28)33-23-13-24-20(14-27(30,37-24)36-17(2)29)19(23)10-11-22(34-25-9-5-6-12-31-25)26-32-15-18-7-3-4-8-21(18)35-26/h3-4,7-8,10-11,19-20,22-26,30H,5-6,9,12-15H2,1-2H3/t19-,20-,22-,23-,24+,25?,26?,27?/m1/s1. The Morgan fingerprint density at radius 3 is 2.76 bits per heavy atom. The van der Waals surface area contributed by atoms with Crippen LogP contribution in [0.5, 0.6) is 5.75 Å². The van der Waals surface area contributed by atoms with Gasteiger partial charge in [0.05, 0.1) is 12.7 Å². The number of esters is 2.